The minimum Gasteiger partial charge on any atom is -0.374 e. The number of carbonyl (C=O) groups excluding carboxylic acids is 1. The van der Waals surface area contributed by atoms with Crippen molar-refractivity contribution in [2.45, 2.75) is 39.5 Å². The smallest absolute Gasteiger partial charge is 0.246 e. The van der Waals surface area contributed by atoms with E-state index in [1.165, 1.54) is 5.56 Å². The van der Waals surface area contributed by atoms with Crippen molar-refractivity contribution in [3.8, 4) is 0 Å². The van der Waals surface area contributed by atoms with Gasteiger partial charge in [-0.1, -0.05) is 39.8 Å². The maximum Gasteiger partial charge on any atom is 0.246 e. The van der Waals surface area contributed by atoms with Crippen LogP contribution in [0.1, 0.15) is 39.7 Å². The van der Waals surface area contributed by atoms with Crippen LogP contribution in [-0.4, -0.2) is 19.0 Å². The molecule has 0 saturated carbocycles. The summed E-state index contributed by atoms with van der Waals surface area (Å²) >= 11 is 0. The van der Waals surface area contributed by atoms with Gasteiger partial charge in [0.25, 0.3) is 0 Å². The van der Waals surface area contributed by atoms with Crippen molar-refractivity contribution in [2.24, 2.45) is 0 Å². The fourth-order valence-electron chi connectivity index (χ4n) is 2.44. The predicted octanol–water partition coefficient (Wildman–Crippen LogP) is 3.15. The summed E-state index contributed by atoms with van der Waals surface area (Å²) in [5.74, 6) is 0.162. The molecule has 0 atom stereocenters. The number of nitrogens with one attached hydrogen (secondary N) is 1. The van der Waals surface area contributed by atoms with Crippen molar-refractivity contribution in [2.75, 3.05) is 23.3 Å². The third-order valence-electron chi connectivity index (χ3n) is 3.31. The molecule has 0 aromatic heterocycles. The number of fused-ring (bicyclic) bond motifs is 1. The summed E-state index contributed by atoms with van der Waals surface area (Å²) in [5.41, 5.74) is 3.50. The summed E-state index contributed by atoms with van der Waals surface area (Å²) in [6, 6.07) is 6.22. The summed E-state index contributed by atoms with van der Waals surface area (Å²) in [5, 5.41) is 3.28. The van der Waals surface area contributed by atoms with Crippen molar-refractivity contribution < 1.29 is 4.79 Å². The Labute approximate surface area is 109 Å². The second-order valence-corrected chi connectivity index (χ2v) is 5.85. The van der Waals surface area contributed by atoms with Crippen molar-refractivity contribution >= 4 is 17.3 Å². The predicted molar refractivity (Wildman–Crippen MR) is 76.3 cm³/mol. The van der Waals surface area contributed by atoms with Crippen molar-refractivity contribution in [1.29, 1.82) is 0 Å². The van der Waals surface area contributed by atoms with E-state index in [4.69, 9.17) is 0 Å². The Balaban J connectivity index is 2.51. The SMILES string of the molecule is CCCN1C(=O)CNc2c1cccc2C(C)(C)C. The third kappa shape index (κ3) is 2.22. The lowest BCUT2D eigenvalue weighted by atomic mass is 9.84. The zero-order chi connectivity index (χ0) is 13.3. The lowest BCUT2D eigenvalue weighted by molar-refractivity contribution is -0.117. The number of hydrogen-bond acceptors (Lipinski definition) is 2. The molecular formula is C15H22N2O. The van der Waals surface area contributed by atoms with E-state index in [2.05, 4.69) is 39.1 Å². The standard InChI is InChI=1S/C15H22N2O/c1-5-9-17-12-8-6-7-11(15(2,3)4)14(12)16-10-13(17)18/h6-8,16H,5,9-10H2,1-4H3. The van der Waals surface area contributed by atoms with Gasteiger partial charge in [0.05, 0.1) is 17.9 Å². The van der Waals surface area contributed by atoms with Crippen molar-refractivity contribution in [3.63, 3.8) is 0 Å². The number of carbonyl (C=O) groups is 1. The molecule has 0 bridgehead atoms. The second kappa shape index (κ2) is 4.63. The molecule has 0 spiro atoms. The van der Waals surface area contributed by atoms with E-state index < -0.39 is 0 Å². The van der Waals surface area contributed by atoms with E-state index in [1.54, 1.807) is 0 Å². The van der Waals surface area contributed by atoms with Crippen molar-refractivity contribution in [3.05, 3.63) is 23.8 Å². The summed E-state index contributed by atoms with van der Waals surface area (Å²) in [6.07, 6.45) is 0.977. The van der Waals surface area contributed by atoms with Gasteiger partial charge in [-0.25, -0.2) is 0 Å². The summed E-state index contributed by atoms with van der Waals surface area (Å²) in [7, 11) is 0. The van der Waals surface area contributed by atoms with E-state index in [9.17, 15) is 4.79 Å². The van der Waals surface area contributed by atoms with Gasteiger partial charge in [0.15, 0.2) is 0 Å². The second-order valence-electron chi connectivity index (χ2n) is 5.85. The number of rotatable bonds is 2. The van der Waals surface area contributed by atoms with Crippen LogP contribution in [-0.2, 0) is 10.2 Å². The lowest BCUT2D eigenvalue weighted by Crippen LogP contribution is -2.41. The van der Waals surface area contributed by atoms with Crippen LogP contribution in [0.2, 0.25) is 0 Å². The minimum absolute atomic E-state index is 0.0800. The Bertz CT molecular complexity index is 460. The molecular weight excluding hydrogens is 224 g/mol. The molecule has 1 amide bonds. The first-order valence-electron chi connectivity index (χ1n) is 6.63. The number of nitrogens with zero attached hydrogens (tertiary/aromatic N) is 1. The van der Waals surface area contributed by atoms with Gasteiger partial charge in [0, 0.05) is 6.54 Å². The number of benzene rings is 1. The Morgan fingerprint density at radius 2 is 2.06 bits per heavy atom. The molecule has 2 rings (SSSR count). The van der Waals surface area contributed by atoms with Crippen LogP contribution >= 0.6 is 0 Å². The first-order chi connectivity index (χ1) is 8.45. The molecule has 0 saturated heterocycles. The molecule has 1 aliphatic heterocycles. The Morgan fingerprint density at radius 3 is 2.67 bits per heavy atom. The van der Waals surface area contributed by atoms with Crippen LogP contribution in [0.25, 0.3) is 0 Å². The quantitative estimate of drug-likeness (QED) is 0.869. The molecule has 0 radical (unpaired) electrons. The van der Waals surface area contributed by atoms with Crippen LogP contribution in [0, 0.1) is 0 Å². The van der Waals surface area contributed by atoms with Gasteiger partial charge < -0.3 is 10.2 Å². The molecule has 3 heteroatoms. The molecule has 0 aliphatic carbocycles. The van der Waals surface area contributed by atoms with Crippen LogP contribution in [0.5, 0.6) is 0 Å². The maximum atomic E-state index is 12.0. The summed E-state index contributed by atoms with van der Waals surface area (Å²) in [4.78, 5) is 13.9. The monoisotopic (exact) mass is 246 g/mol. The first kappa shape index (κ1) is 12.9. The minimum atomic E-state index is 0.0800. The third-order valence-corrected chi connectivity index (χ3v) is 3.31. The average molecular weight is 246 g/mol. The van der Waals surface area contributed by atoms with Crippen LogP contribution in [0.15, 0.2) is 18.2 Å². The zero-order valence-corrected chi connectivity index (χ0v) is 11.7. The highest BCUT2D eigenvalue weighted by molar-refractivity contribution is 6.03. The van der Waals surface area contributed by atoms with Gasteiger partial charge in [-0.05, 0) is 23.5 Å². The number of hydrogen-bond donors (Lipinski definition) is 1. The fourth-order valence-corrected chi connectivity index (χ4v) is 2.44. The Morgan fingerprint density at radius 1 is 1.33 bits per heavy atom. The highest BCUT2D eigenvalue weighted by atomic mass is 16.2. The fraction of sp³-hybridized carbons (Fsp3) is 0.533. The summed E-state index contributed by atoms with van der Waals surface area (Å²) in [6.45, 7) is 9.89. The molecule has 1 N–H and O–H groups in total. The number of anilines is 2. The van der Waals surface area contributed by atoms with Crippen LogP contribution in [0.4, 0.5) is 11.4 Å². The zero-order valence-electron chi connectivity index (χ0n) is 11.7. The van der Waals surface area contributed by atoms with E-state index in [1.807, 2.05) is 17.0 Å². The molecule has 1 heterocycles. The number of amides is 1. The van der Waals surface area contributed by atoms with Gasteiger partial charge in [0.1, 0.15) is 0 Å². The first-order valence-corrected chi connectivity index (χ1v) is 6.63. The number of para-hydroxylation sites is 1. The Hall–Kier alpha value is -1.51. The average Bonchev–Trinajstić information content (AvgIpc) is 2.31. The largest absolute Gasteiger partial charge is 0.374 e. The molecule has 0 fully saturated rings. The Kier molecular flexibility index (Phi) is 3.33. The van der Waals surface area contributed by atoms with E-state index in [0.29, 0.717) is 6.54 Å². The van der Waals surface area contributed by atoms with Crippen molar-refractivity contribution in [1.82, 2.24) is 0 Å². The van der Waals surface area contributed by atoms with Gasteiger partial charge in [-0.2, -0.15) is 0 Å². The van der Waals surface area contributed by atoms with E-state index in [-0.39, 0.29) is 11.3 Å². The molecule has 18 heavy (non-hydrogen) atoms. The highest BCUT2D eigenvalue weighted by Gasteiger charge is 2.28. The topological polar surface area (TPSA) is 32.3 Å². The molecule has 98 valence electrons. The van der Waals surface area contributed by atoms with Gasteiger partial charge in [-0.3, -0.25) is 4.79 Å². The molecule has 1 aromatic rings. The lowest BCUT2D eigenvalue weighted by Gasteiger charge is -2.34. The molecule has 1 aromatic carbocycles. The van der Waals surface area contributed by atoms with Gasteiger partial charge >= 0.3 is 0 Å². The maximum absolute atomic E-state index is 12.0. The molecule has 0 unspecified atom stereocenters. The highest BCUT2D eigenvalue weighted by Crippen LogP contribution is 2.38. The molecule has 3 nitrogen and oxygen atoms in total. The normalized spacial score (nSPS) is 15.3. The van der Waals surface area contributed by atoms with Crippen LogP contribution < -0.4 is 10.2 Å². The van der Waals surface area contributed by atoms with E-state index in [0.717, 1.165) is 24.3 Å². The summed E-state index contributed by atoms with van der Waals surface area (Å²) < 4.78 is 0. The van der Waals surface area contributed by atoms with E-state index >= 15 is 0 Å². The van der Waals surface area contributed by atoms with Gasteiger partial charge in [-0.15, -0.1) is 0 Å². The van der Waals surface area contributed by atoms with Crippen LogP contribution in [0.3, 0.4) is 0 Å². The molecule has 1 aliphatic rings. The van der Waals surface area contributed by atoms with Gasteiger partial charge in [0.2, 0.25) is 5.91 Å².